The van der Waals surface area contributed by atoms with E-state index in [4.69, 9.17) is 0 Å². The van der Waals surface area contributed by atoms with Crippen LogP contribution in [-0.4, -0.2) is 64.1 Å². The highest BCUT2D eigenvalue weighted by molar-refractivity contribution is 5.96. The number of nitrogens with one attached hydrogen (secondary N) is 2. The number of fused-ring (bicyclic) bond motifs is 2. The highest BCUT2D eigenvalue weighted by Gasteiger charge is 2.51. The second kappa shape index (κ2) is 9.90. The summed E-state index contributed by atoms with van der Waals surface area (Å²) in [5, 5.41) is 5.68. The molecule has 34 heavy (non-hydrogen) atoms. The van der Waals surface area contributed by atoms with Gasteiger partial charge in [-0.2, -0.15) is 4.98 Å². The lowest BCUT2D eigenvalue weighted by Crippen LogP contribution is -2.72. The maximum atomic E-state index is 14.6. The molecule has 1 aromatic heterocycles. The number of carbonyl (C=O) groups is 2. The molecule has 0 radical (unpaired) electrons. The smallest absolute Gasteiger partial charge is 0.260 e. The maximum absolute atomic E-state index is 14.6. The van der Waals surface area contributed by atoms with Crippen LogP contribution in [0.25, 0.3) is 0 Å². The standard InChI is InChI=1S/C24H32F2N6O2/c1-7-27-21(33)18(14(2)3)9-8-15(4)29-23-28-11-19(25)20(30-23)31-12-16-10-17(13-31)32(16)22(34)24(5,6)26/h8-9,11,16-17H,4,7,10,12-13H2,1-3,5-6H3,(H,27,33)(H,28,29,30)/b9-8-. The predicted octanol–water partition coefficient (Wildman–Crippen LogP) is 3.11. The quantitative estimate of drug-likeness (QED) is 0.445. The van der Waals surface area contributed by atoms with E-state index in [0.717, 1.165) is 18.2 Å². The number of carbonyl (C=O) groups excluding carboxylic acids is 2. The van der Waals surface area contributed by atoms with Crippen molar-refractivity contribution in [3.05, 3.63) is 47.6 Å². The summed E-state index contributed by atoms with van der Waals surface area (Å²) in [6.07, 6.45) is 5.11. The molecule has 2 amide bonds. The molecule has 4 rings (SSSR count). The van der Waals surface area contributed by atoms with Crippen molar-refractivity contribution in [3.63, 3.8) is 0 Å². The molecule has 184 valence electrons. The van der Waals surface area contributed by atoms with E-state index in [1.807, 2.05) is 20.8 Å². The number of halogens is 2. The number of anilines is 2. The fraction of sp³-hybridized carbons (Fsp3) is 0.500. The predicted molar refractivity (Wildman–Crippen MR) is 127 cm³/mol. The van der Waals surface area contributed by atoms with Crippen molar-refractivity contribution in [1.82, 2.24) is 20.2 Å². The summed E-state index contributed by atoms with van der Waals surface area (Å²) in [5.74, 6) is -1.04. The first-order chi connectivity index (χ1) is 15.9. The Bertz CT molecular complexity index is 1030. The minimum atomic E-state index is -1.94. The van der Waals surface area contributed by atoms with Gasteiger partial charge in [0, 0.05) is 30.9 Å². The number of allylic oxidation sites excluding steroid dienone is 2. The van der Waals surface area contributed by atoms with Crippen LogP contribution < -0.4 is 15.5 Å². The molecule has 3 aliphatic rings. The van der Waals surface area contributed by atoms with E-state index in [1.165, 1.54) is 13.8 Å². The van der Waals surface area contributed by atoms with Crippen LogP contribution in [-0.2, 0) is 9.59 Å². The first-order valence-electron chi connectivity index (χ1n) is 11.3. The van der Waals surface area contributed by atoms with Gasteiger partial charge in [0.25, 0.3) is 11.8 Å². The van der Waals surface area contributed by atoms with Crippen molar-refractivity contribution < 1.29 is 18.4 Å². The number of rotatable bonds is 8. The number of piperidine rings is 1. The van der Waals surface area contributed by atoms with Gasteiger partial charge in [-0.3, -0.25) is 9.59 Å². The van der Waals surface area contributed by atoms with E-state index in [-0.39, 0.29) is 29.8 Å². The van der Waals surface area contributed by atoms with Gasteiger partial charge in [0.2, 0.25) is 5.95 Å². The normalized spacial score (nSPS) is 19.5. The van der Waals surface area contributed by atoms with Crippen LogP contribution in [0.1, 0.15) is 41.0 Å². The van der Waals surface area contributed by atoms with Crippen molar-refractivity contribution in [2.45, 2.75) is 58.8 Å². The zero-order valence-corrected chi connectivity index (χ0v) is 20.3. The molecule has 3 saturated heterocycles. The molecule has 4 heterocycles. The largest absolute Gasteiger partial charge is 0.352 e. The summed E-state index contributed by atoms with van der Waals surface area (Å²) in [7, 11) is 0. The van der Waals surface area contributed by atoms with Crippen molar-refractivity contribution in [1.29, 1.82) is 0 Å². The molecule has 0 aliphatic carbocycles. The van der Waals surface area contributed by atoms with E-state index in [1.54, 1.807) is 22.0 Å². The van der Waals surface area contributed by atoms with E-state index in [0.29, 0.717) is 30.9 Å². The van der Waals surface area contributed by atoms with E-state index in [2.05, 4.69) is 27.2 Å². The number of aromatic nitrogens is 2. The van der Waals surface area contributed by atoms with Crippen LogP contribution in [0, 0.1) is 5.82 Å². The molecular weight excluding hydrogens is 442 g/mol. The summed E-state index contributed by atoms with van der Waals surface area (Å²) in [6.45, 7) is 13.2. The lowest BCUT2D eigenvalue weighted by Gasteiger charge is -2.57. The van der Waals surface area contributed by atoms with Gasteiger partial charge in [-0.05, 0) is 53.2 Å². The Morgan fingerprint density at radius 3 is 2.47 bits per heavy atom. The molecule has 1 aromatic rings. The van der Waals surface area contributed by atoms with Gasteiger partial charge in [0.15, 0.2) is 17.3 Å². The van der Waals surface area contributed by atoms with E-state index in [9.17, 15) is 18.4 Å². The van der Waals surface area contributed by atoms with Gasteiger partial charge in [-0.25, -0.2) is 13.8 Å². The second-order valence-electron chi connectivity index (χ2n) is 9.26. The van der Waals surface area contributed by atoms with Crippen molar-refractivity contribution in [2.24, 2.45) is 0 Å². The molecule has 2 atom stereocenters. The number of alkyl halides is 1. The van der Waals surface area contributed by atoms with Gasteiger partial charge >= 0.3 is 0 Å². The van der Waals surface area contributed by atoms with Crippen LogP contribution >= 0.6 is 0 Å². The van der Waals surface area contributed by atoms with E-state index >= 15 is 0 Å². The van der Waals surface area contributed by atoms with Crippen molar-refractivity contribution >= 4 is 23.6 Å². The molecule has 3 aliphatic heterocycles. The number of hydrogen-bond donors (Lipinski definition) is 2. The van der Waals surface area contributed by atoms with Crippen LogP contribution in [0.2, 0.25) is 0 Å². The number of nitrogens with zero attached hydrogens (tertiary/aromatic N) is 4. The topological polar surface area (TPSA) is 90.5 Å². The Morgan fingerprint density at radius 1 is 1.26 bits per heavy atom. The Kier molecular flexibility index (Phi) is 7.38. The van der Waals surface area contributed by atoms with Gasteiger partial charge in [-0.1, -0.05) is 12.2 Å². The summed E-state index contributed by atoms with van der Waals surface area (Å²) in [4.78, 5) is 36.1. The molecule has 2 N–H and O–H groups in total. The minimum Gasteiger partial charge on any atom is -0.352 e. The van der Waals surface area contributed by atoms with E-state index < -0.39 is 17.4 Å². The molecule has 10 heteroatoms. The third kappa shape index (κ3) is 5.43. The molecule has 0 saturated carbocycles. The molecule has 2 unspecified atom stereocenters. The van der Waals surface area contributed by atoms with Crippen LogP contribution in [0.5, 0.6) is 0 Å². The zero-order valence-electron chi connectivity index (χ0n) is 20.3. The Hall–Kier alpha value is -3.30. The average Bonchev–Trinajstić information content (AvgIpc) is 2.74. The van der Waals surface area contributed by atoms with Crippen LogP contribution in [0.3, 0.4) is 0 Å². The molecule has 2 bridgehead atoms. The van der Waals surface area contributed by atoms with Crippen LogP contribution in [0.15, 0.2) is 41.8 Å². The second-order valence-corrected chi connectivity index (χ2v) is 9.26. The van der Waals surface area contributed by atoms with Gasteiger partial charge < -0.3 is 20.4 Å². The minimum absolute atomic E-state index is 0.114. The Balaban J connectivity index is 1.68. The molecular formula is C24H32F2N6O2. The first kappa shape index (κ1) is 25.3. The first-order valence-corrected chi connectivity index (χ1v) is 11.3. The Morgan fingerprint density at radius 2 is 1.91 bits per heavy atom. The maximum Gasteiger partial charge on any atom is 0.260 e. The monoisotopic (exact) mass is 474 g/mol. The summed E-state index contributed by atoms with van der Waals surface area (Å²) in [6, 6.07) is -0.358. The average molecular weight is 475 g/mol. The molecule has 8 nitrogen and oxygen atoms in total. The van der Waals surface area contributed by atoms with Gasteiger partial charge in [0.1, 0.15) is 0 Å². The SMILES string of the molecule is C=C(/C=C\C(C(=O)NCC)=C(C)C)Nc1ncc(F)c(N2CC3CC(C2)N3C(=O)C(C)(C)F)n1. The van der Waals surface area contributed by atoms with Crippen molar-refractivity contribution in [3.8, 4) is 0 Å². The zero-order chi connectivity index (χ0) is 25.2. The third-order valence-corrected chi connectivity index (χ3v) is 5.81. The Labute approximate surface area is 198 Å². The number of hydrogen-bond acceptors (Lipinski definition) is 6. The lowest BCUT2D eigenvalue weighted by atomic mass is 9.85. The lowest BCUT2D eigenvalue weighted by molar-refractivity contribution is -0.157. The number of piperazine rings is 1. The highest BCUT2D eigenvalue weighted by Crippen LogP contribution is 2.37. The molecule has 0 aromatic carbocycles. The fourth-order valence-electron chi connectivity index (χ4n) is 4.16. The van der Waals surface area contributed by atoms with Crippen LogP contribution in [0.4, 0.5) is 20.5 Å². The van der Waals surface area contributed by atoms with Gasteiger partial charge in [-0.15, -0.1) is 0 Å². The molecule has 3 fully saturated rings. The summed E-state index contributed by atoms with van der Waals surface area (Å²) >= 11 is 0. The number of amides is 2. The summed E-state index contributed by atoms with van der Waals surface area (Å²) in [5.41, 5.74) is -0.146. The van der Waals surface area contributed by atoms with Crippen molar-refractivity contribution in [2.75, 3.05) is 29.9 Å². The molecule has 0 spiro atoms. The highest BCUT2D eigenvalue weighted by atomic mass is 19.1. The summed E-state index contributed by atoms with van der Waals surface area (Å²) < 4.78 is 28.7. The third-order valence-electron chi connectivity index (χ3n) is 5.81. The fourth-order valence-corrected chi connectivity index (χ4v) is 4.16. The van der Waals surface area contributed by atoms with Gasteiger partial charge in [0.05, 0.1) is 18.3 Å². The number of likely N-dealkylation sites (N-methyl/N-ethyl adjacent to an activating group) is 1.